The molecule has 1 unspecified atom stereocenters. The molecule has 1 aliphatic heterocycles. The largest absolute Gasteiger partial charge is 0.454 e. The summed E-state index contributed by atoms with van der Waals surface area (Å²) < 4.78 is 11.6. The molecular weight excluding hydrogens is 312 g/mol. The number of likely N-dealkylation sites (N-methyl/N-ethyl adjacent to an activating group) is 1. The number of nitrogens with one attached hydrogen (secondary N) is 1. The van der Waals surface area contributed by atoms with Crippen LogP contribution in [0.1, 0.15) is 11.6 Å². The van der Waals surface area contributed by atoms with Gasteiger partial charge in [0.15, 0.2) is 11.5 Å². The molecule has 6 heteroatoms. The van der Waals surface area contributed by atoms with Gasteiger partial charge in [0.2, 0.25) is 6.79 Å². The van der Waals surface area contributed by atoms with Crippen molar-refractivity contribution in [2.75, 3.05) is 40.6 Å². The van der Waals surface area contributed by atoms with Crippen LogP contribution in [0.2, 0.25) is 0 Å². The lowest BCUT2D eigenvalue weighted by atomic mass is 10.1. The third kappa shape index (κ3) is 3.60. The van der Waals surface area contributed by atoms with E-state index in [4.69, 9.17) is 9.47 Å². The van der Waals surface area contributed by atoms with Crippen LogP contribution in [-0.2, 0) is 0 Å². The number of hydrogen-bond acceptors (Lipinski definition) is 5. The Bertz CT molecular complexity index is 440. The van der Waals surface area contributed by atoms with Crippen molar-refractivity contribution < 1.29 is 14.6 Å². The zero-order chi connectivity index (χ0) is 13.8. The van der Waals surface area contributed by atoms with Crippen molar-refractivity contribution in [2.45, 2.75) is 6.04 Å². The Morgan fingerprint density at radius 1 is 1.42 bits per heavy atom. The molecule has 5 nitrogen and oxygen atoms in total. The smallest absolute Gasteiger partial charge is 0.231 e. The number of nitrogens with zero attached hydrogens (tertiary/aromatic N) is 1. The van der Waals surface area contributed by atoms with Gasteiger partial charge in [0.1, 0.15) is 0 Å². The first-order valence-electron chi connectivity index (χ1n) is 6.20. The minimum absolute atomic E-state index is 0.0412. The summed E-state index contributed by atoms with van der Waals surface area (Å²) in [6, 6.07) is 3.76. The maximum atomic E-state index is 9.52. The highest BCUT2D eigenvalue weighted by atomic mass is 79.9. The summed E-state index contributed by atoms with van der Waals surface area (Å²) in [5.74, 6) is 1.45. The number of rotatable bonds is 6. The van der Waals surface area contributed by atoms with E-state index >= 15 is 0 Å². The molecule has 1 aromatic carbocycles. The molecule has 2 N–H and O–H groups in total. The molecule has 0 radical (unpaired) electrons. The molecule has 0 amide bonds. The summed E-state index contributed by atoms with van der Waals surface area (Å²) in [7, 11) is 4.04. The van der Waals surface area contributed by atoms with Crippen LogP contribution in [0.5, 0.6) is 11.5 Å². The van der Waals surface area contributed by atoms with Crippen LogP contribution < -0.4 is 14.8 Å². The van der Waals surface area contributed by atoms with Gasteiger partial charge in [-0.15, -0.1) is 0 Å². The highest BCUT2D eigenvalue weighted by Crippen LogP contribution is 2.41. The first-order valence-corrected chi connectivity index (χ1v) is 6.99. The van der Waals surface area contributed by atoms with Gasteiger partial charge >= 0.3 is 0 Å². The molecule has 0 saturated heterocycles. The molecule has 0 saturated carbocycles. The summed E-state index contributed by atoms with van der Waals surface area (Å²) in [6.45, 7) is 2.02. The number of ether oxygens (including phenoxy) is 2. The van der Waals surface area contributed by atoms with E-state index in [1.165, 1.54) is 0 Å². The standard InChI is InChI=1S/C13H19BrN2O3/c1-16(2)4-3-15-11(7-17)9-5-10(14)13-12(6-9)18-8-19-13/h5-6,11,15,17H,3-4,7-8H2,1-2H3. The Labute approximate surface area is 121 Å². The number of hydrogen-bond donors (Lipinski definition) is 2. The molecule has 0 spiro atoms. The van der Waals surface area contributed by atoms with Crippen LogP contribution in [0.4, 0.5) is 0 Å². The topological polar surface area (TPSA) is 54.0 Å². The maximum absolute atomic E-state index is 9.52. The average Bonchev–Trinajstić information content (AvgIpc) is 2.83. The van der Waals surface area contributed by atoms with Crippen LogP contribution in [0.3, 0.4) is 0 Å². The summed E-state index contributed by atoms with van der Waals surface area (Å²) >= 11 is 3.46. The van der Waals surface area contributed by atoms with E-state index < -0.39 is 0 Å². The van der Waals surface area contributed by atoms with Gasteiger partial charge < -0.3 is 24.8 Å². The highest BCUT2D eigenvalue weighted by molar-refractivity contribution is 9.10. The van der Waals surface area contributed by atoms with E-state index in [0.29, 0.717) is 0 Å². The first kappa shape index (κ1) is 14.6. The van der Waals surface area contributed by atoms with E-state index in [1.807, 2.05) is 26.2 Å². The second-order valence-corrected chi connectivity index (χ2v) is 5.58. The lowest BCUT2D eigenvalue weighted by Gasteiger charge is -2.19. The molecule has 1 heterocycles. The third-order valence-corrected chi connectivity index (χ3v) is 3.57. The van der Waals surface area contributed by atoms with Gasteiger partial charge in [-0.1, -0.05) is 0 Å². The summed E-state index contributed by atoms with van der Waals surface area (Å²) in [5.41, 5.74) is 0.984. The van der Waals surface area contributed by atoms with Gasteiger partial charge in [-0.3, -0.25) is 0 Å². The number of benzene rings is 1. The SMILES string of the molecule is CN(C)CCNC(CO)c1cc(Br)c2c(c1)OCO2. The molecule has 2 rings (SSSR count). The Kier molecular flexibility index (Phi) is 5.04. The van der Waals surface area contributed by atoms with Gasteiger partial charge in [-0.05, 0) is 47.7 Å². The van der Waals surface area contributed by atoms with Gasteiger partial charge in [0.25, 0.3) is 0 Å². The van der Waals surface area contributed by atoms with E-state index in [0.717, 1.165) is 34.6 Å². The number of fused-ring (bicyclic) bond motifs is 1. The van der Waals surface area contributed by atoms with Crippen LogP contribution >= 0.6 is 15.9 Å². The molecule has 1 aliphatic rings. The molecule has 1 atom stereocenters. The van der Waals surface area contributed by atoms with Crippen LogP contribution in [0.25, 0.3) is 0 Å². The number of aliphatic hydroxyl groups is 1. The molecule has 0 aromatic heterocycles. The van der Waals surface area contributed by atoms with Crippen LogP contribution in [-0.4, -0.2) is 50.6 Å². The zero-order valence-corrected chi connectivity index (χ0v) is 12.7. The van der Waals surface area contributed by atoms with Crippen molar-refractivity contribution in [3.05, 3.63) is 22.2 Å². The fraction of sp³-hybridized carbons (Fsp3) is 0.538. The van der Waals surface area contributed by atoms with Crippen molar-refractivity contribution in [2.24, 2.45) is 0 Å². The van der Waals surface area contributed by atoms with E-state index in [2.05, 4.69) is 26.1 Å². The van der Waals surface area contributed by atoms with Crippen molar-refractivity contribution in [1.29, 1.82) is 0 Å². The summed E-state index contributed by atoms with van der Waals surface area (Å²) in [6.07, 6.45) is 0. The van der Waals surface area contributed by atoms with Gasteiger partial charge in [0.05, 0.1) is 17.1 Å². The number of halogens is 1. The average molecular weight is 331 g/mol. The molecule has 0 aliphatic carbocycles. The minimum atomic E-state index is -0.106. The maximum Gasteiger partial charge on any atom is 0.231 e. The lowest BCUT2D eigenvalue weighted by Crippen LogP contribution is -2.31. The third-order valence-electron chi connectivity index (χ3n) is 2.98. The minimum Gasteiger partial charge on any atom is -0.454 e. The lowest BCUT2D eigenvalue weighted by molar-refractivity contribution is 0.173. The predicted octanol–water partition coefficient (Wildman–Crippen LogP) is 1.36. The van der Waals surface area contributed by atoms with Crippen molar-refractivity contribution in [1.82, 2.24) is 10.2 Å². The van der Waals surface area contributed by atoms with Crippen LogP contribution in [0.15, 0.2) is 16.6 Å². The van der Waals surface area contributed by atoms with Gasteiger partial charge in [0, 0.05) is 13.1 Å². The number of aliphatic hydroxyl groups excluding tert-OH is 1. The quantitative estimate of drug-likeness (QED) is 0.825. The normalized spacial score (nSPS) is 15.0. The predicted molar refractivity (Wildman–Crippen MR) is 76.6 cm³/mol. The Balaban J connectivity index is 2.08. The summed E-state index contributed by atoms with van der Waals surface area (Å²) in [5, 5.41) is 12.8. The Morgan fingerprint density at radius 2 is 2.21 bits per heavy atom. The second kappa shape index (κ2) is 6.56. The fourth-order valence-corrected chi connectivity index (χ4v) is 2.51. The second-order valence-electron chi connectivity index (χ2n) is 4.73. The van der Waals surface area contributed by atoms with E-state index in [9.17, 15) is 5.11 Å². The molecule has 1 aromatic rings. The molecule has 19 heavy (non-hydrogen) atoms. The molecule has 0 fully saturated rings. The van der Waals surface area contributed by atoms with Crippen molar-refractivity contribution >= 4 is 15.9 Å². The van der Waals surface area contributed by atoms with Gasteiger partial charge in [-0.25, -0.2) is 0 Å². The Hall–Kier alpha value is -0.820. The molecular formula is C13H19BrN2O3. The summed E-state index contributed by atoms with van der Waals surface area (Å²) in [4.78, 5) is 2.09. The molecule has 106 valence electrons. The van der Waals surface area contributed by atoms with Gasteiger partial charge in [-0.2, -0.15) is 0 Å². The van der Waals surface area contributed by atoms with E-state index in [-0.39, 0.29) is 19.4 Å². The Morgan fingerprint density at radius 3 is 2.89 bits per heavy atom. The zero-order valence-electron chi connectivity index (χ0n) is 11.1. The monoisotopic (exact) mass is 330 g/mol. The first-order chi connectivity index (χ1) is 9.11. The molecule has 0 bridgehead atoms. The van der Waals surface area contributed by atoms with E-state index in [1.54, 1.807) is 0 Å². The highest BCUT2D eigenvalue weighted by Gasteiger charge is 2.21. The van der Waals surface area contributed by atoms with Crippen molar-refractivity contribution in [3.63, 3.8) is 0 Å². The van der Waals surface area contributed by atoms with Crippen LogP contribution in [0, 0.1) is 0 Å². The fourth-order valence-electron chi connectivity index (χ4n) is 1.94. The van der Waals surface area contributed by atoms with Crippen molar-refractivity contribution in [3.8, 4) is 11.5 Å².